The number of alkyl halides is 1. The quantitative estimate of drug-likeness (QED) is 0.777. The maximum Gasteiger partial charge on any atom is 0.168 e. The molecule has 0 bridgehead atoms. The highest BCUT2D eigenvalue weighted by atomic mass is 79.9. The molecule has 0 saturated carbocycles. The molecule has 2 rings (SSSR count). The Labute approximate surface area is 89.2 Å². The molecular formula is C10H9BrFNO. The number of halogens is 2. The van der Waals surface area contributed by atoms with Gasteiger partial charge in [0.2, 0.25) is 0 Å². The van der Waals surface area contributed by atoms with E-state index in [1.807, 2.05) is 12.1 Å². The maximum absolute atomic E-state index is 13.7. The van der Waals surface area contributed by atoms with Crippen LogP contribution < -0.4 is 0 Å². The molecule has 0 aliphatic heterocycles. The largest absolute Gasteiger partial charge is 0.356 e. The molecule has 1 heterocycles. The molecule has 0 saturated heterocycles. The summed E-state index contributed by atoms with van der Waals surface area (Å²) in [4.78, 5) is 0. The Kier molecular flexibility index (Phi) is 2.10. The van der Waals surface area contributed by atoms with Crippen molar-refractivity contribution in [3.05, 3.63) is 28.4 Å². The lowest BCUT2D eigenvalue weighted by atomic mass is 10.0. The highest BCUT2D eigenvalue weighted by Crippen LogP contribution is 2.34. The van der Waals surface area contributed by atoms with E-state index in [4.69, 9.17) is 4.52 Å². The first-order chi connectivity index (χ1) is 6.50. The predicted octanol–water partition coefficient (Wildman–Crippen LogP) is 3.79. The first-order valence-electron chi connectivity index (χ1n) is 4.23. The molecule has 0 amide bonds. The average Bonchev–Trinajstić information content (AvgIpc) is 2.47. The standard InChI is InChI=1S/C10H9BrFNO/c1-10(2,12)9-8-6(11)4-3-5-7(8)14-13-9/h3-5H,1-2H3. The lowest BCUT2D eigenvalue weighted by Crippen LogP contribution is -2.09. The summed E-state index contributed by atoms with van der Waals surface area (Å²) < 4.78 is 19.6. The topological polar surface area (TPSA) is 26.0 Å². The molecule has 2 nitrogen and oxygen atoms in total. The summed E-state index contributed by atoms with van der Waals surface area (Å²) in [6.07, 6.45) is 0. The summed E-state index contributed by atoms with van der Waals surface area (Å²) in [6, 6.07) is 5.43. The van der Waals surface area contributed by atoms with Crippen molar-refractivity contribution in [2.75, 3.05) is 0 Å². The van der Waals surface area contributed by atoms with Crippen LogP contribution in [0.25, 0.3) is 11.0 Å². The minimum absolute atomic E-state index is 0.333. The number of aromatic nitrogens is 1. The van der Waals surface area contributed by atoms with Crippen LogP contribution in [0.5, 0.6) is 0 Å². The van der Waals surface area contributed by atoms with Gasteiger partial charge in [-0.05, 0) is 41.9 Å². The van der Waals surface area contributed by atoms with Crippen molar-refractivity contribution in [3.63, 3.8) is 0 Å². The molecule has 0 radical (unpaired) electrons. The van der Waals surface area contributed by atoms with Crippen LogP contribution in [-0.4, -0.2) is 5.16 Å². The second kappa shape index (κ2) is 3.05. The van der Waals surface area contributed by atoms with E-state index in [1.54, 1.807) is 6.07 Å². The zero-order valence-corrected chi connectivity index (χ0v) is 9.43. The molecule has 0 atom stereocenters. The molecule has 14 heavy (non-hydrogen) atoms. The van der Waals surface area contributed by atoms with E-state index in [0.29, 0.717) is 16.7 Å². The van der Waals surface area contributed by atoms with E-state index in [1.165, 1.54) is 13.8 Å². The fraction of sp³-hybridized carbons (Fsp3) is 0.300. The summed E-state index contributed by atoms with van der Waals surface area (Å²) in [5.74, 6) is 0. The fourth-order valence-electron chi connectivity index (χ4n) is 1.36. The van der Waals surface area contributed by atoms with Crippen LogP contribution >= 0.6 is 15.9 Å². The zero-order chi connectivity index (χ0) is 10.3. The minimum Gasteiger partial charge on any atom is -0.356 e. The van der Waals surface area contributed by atoms with Crippen LogP contribution in [0.1, 0.15) is 19.5 Å². The van der Waals surface area contributed by atoms with E-state index in [-0.39, 0.29) is 0 Å². The van der Waals surface area contributed by atoms with Crippen molar-refractivity contribution < 1.29 is 8.91 Å². The number of fused-ring (bicyclic) bond motifs is 1. The van der Waals surface area contributed by atoms with Gasteiger partial charge in [-0.1, -0.05) is 11.2 Å². The predicted molar refractivity (Wildman–Crippen MR) is 55.8 cm³/mol. The lowest BCUT2D eigenvalue weighted by Gasteiger charge is -2.10. The van der Waals surface area contributed by atoms with E-state index < -0.39 is 5.67 Å². The number of nitrogens with zero attached hydrogens (tertiary/aromatic N) is 1. The van der Waals surface area contributed by atoms with Crippen LogP contribution in [0, 0.1) is 0 Å². The molecule has 0 spiro atoms. The van der Waals surface area contributed by atoms with Crippen LogP contribution in [0.15, 0.2) is 27.2 Å². The summed E-state index contributed by atoms with van der Waals surface area (Å²) in [6.45, 7) is 2.92. The first-order valence-corrected chi connectivity index (χ1v) is 5.03. The van der Waals surface area contributed by atoms with Gasteiger partial charge in [0.15, 0.2) is 11.3 Å². The molecule has 1 aromatic heterocycles. The Morgan fingerprint density at radius 1 is 1.43 bits per heavy atom. The van der Waals surface area contributed by atoms with Crippen molar-refractivity contribution in [1.82, 2.24) is 5.16 Å². The van der Waals surface area contributed by atoms with E-state index >= 15 is 0 Å². The Hall–Kier alpha value is -0.900. The third-order valence-corrected chi connectivity index (χ3v) is 2.67. The fourth-order valence-corrected chi connectivity index (χ4v) is 1.89. The lowest BCUT2D eigenvalue weighted by molar-refractivity contribution is 0.207. The third kappa shape index (κ3) is 1.43. The normalized spacial score (nSPS) is 12.3. The highest BCUT2D eigenvalue weighted by Gasteiger charge is 2.27. The zero-order valence-electron chi connectivity index (χ0n) is 7.84. The average molecular weight is 258 g/mol. The van der Waals surface area contributed by atoms with Crippen molar-refractivity contribution in [1.29, 1.82) is 0 Å². The molecule has 1 aromatic carbocycles. The number of hydrogen-bond acceptors (Lipinski definition) is 2. The Morgan fingerprint density at radius 2 is 2.14 bits per heavy atom. The molecule has 0 fully saturated rings. The van der Waals surface area contributed by atoms with Gasteiger partial charge < -0.3 is 4.52 Å². The smallest absolute Gasteiger partial charge is 0.168 e. The molecule has 0 aliphatic carbocycles. The summed E-state index contributed by atoms with van der Waals surface area (Å²) in [5.41, 5.74) is -0.560. The van der Waals surface area contributed by atoms with Gasteiger partial charge in [-0.2, -0.15) is 0 Å². The number of benzene rings is 1. The Balaban J connectivity index is 2.80. The van der Waals surface area contributed by atoms with Gasteiger partial charge in [0.05, 0.1) is 5.39 Å². The summed E-state index contributed by atoms with van der Waals surface area (Å²) in [5, 5.41) is 4.46. The van der Waals surface area contributed by atoms with Crippen LogP contribution in [0.2, 0.25) is 0 Å². The van der Waals surface area contributed by atoms with Gasteiger partial charge >= 0.3 is 0 Å². The highest BCUT2D eigenvalue weighted by molar-refractivity contribution is 9.10. The van der Waals surface area contributed by atoms with Crippen molar-refractivity contribution in [3.8, 4) is 0 Å². The molecule has 4 heteroatoms. The number of rotatable bonds is 1. The van der Waals surface area contributed by atoms with Crippen molar-refractivity contribution in [2.45, 2.75) is 19.5 Å². The van der Waals surface area contributed by atoms with Gasteiger partial charge in [-0.25, -0.2) is 4.39 Å². The van der Waals surface area contributed by atoms with Crippen molar-refractivity contribution in [2.24, 2.45) is 0 Å². The van der Waals surface area contributed by atoms with Gasteiger partial charge in [-0.15, -0.1) is 0 Å². The van der Waals surface area contributed by atoms with Crippen LogP contribution in [0.3, 0.4) is 0 Å². The van der Waals surface area contributed by atoms with Gasteiger partial charge in [0, 0.05) is 4.47 Å². The van der Waals surface area contributed by atoms with E-state index in [9.17, 15) is 4.39 Å². The van der Waals surface area contributed by atoms with Crippen LogP contribution in [-0.2, 0) is 5.67 Å². The second-order valence-corrected chi connectivity index (χ2v) is 4.47. The summed E-state index contributed by atoms with van der Waals surface area (Å²) >= 11 is 3.35. The Bertz CT molecular complexity index is 472. The molecule has 2 aromatic rings. The monoisotopic (exact) mass is 257 g/mol. The third-order valence-electron chi connectivity index (χ3n) is 2.01. The molecule has 74 valence electrons. The van der Waals surface area contributed by atoms with E-state index in [2.05, 4.69) is 21.1 Å². The molecule has 0 aliphatic rings. The van der Waals surface area contributed by atoms with Gasteiger partial charge in [-0.3, -0.25) is 0 Å². The van der Waals surface area contributed by atoms with Gasteiger partial charge in [0.1, 0.15) is 5.69 Å². The first kappa shape index (κ1) is 9.65. The van der Waals surface area contributed by atoms with Gasteiger partial charge in [0.25, 0.3) is 0 Å². The van der Waals surface area contributed by atoms with Crippen LogP contribution in [0.4, 0.5) is 4.39 Å². The molecule has 0 N–H and O–H groups in total. The SMILES string of the molecule is CC(C)(F)c1noc2cccc(Br)c12. The van der Waals surface area contributed by atoms with E-state index in [0.717, 1.165) is 4.47 Å². The molecular weight excluding hydrogens is 249 g/mol. The number of hydrogen-bond donors (Lipinski definition) is 0. The maximum atomic E-state index is 13.7. The van der Waals surface area contributed by atoms with Crippen molar-refractivity contribution >= 4 is 26.9 Å². The molecule has 0 unspecified atom stereocenters. The Morgan fingerprint density at radius 3 is 2.79 bits per heavy atom. The summed E-state index contributed by atoms with van der Waals surface area (Å²) in [7, 11) is 0. The minimum atomic E-state index is -1.49. The second-order valence-electron chi connectivity index (χ2n) is 3.62.